The van der Waals surface area contributed by atoms with Gasteiger partial charge in [0.25, 0.3) is 5.56 Å². The molecule has 0 saturated carbocycles. The van der Waals surface area contributed by atoms with Crippen molar-refractivity contribution in [3.8, 4) is 0 Å². The van der Waals surface area contributed by atoms with Gasteiger partial charge in [0.2, 0.25) is 0 Å². The first-order valence-electron chi connectivity index (χ1n) is 8.90. The van der Waals surface area contributed by atoms with Crippen molar-refractivity contribution in [1.29, 1.82) is 0 Å². The molecule has 1 aliphatic rings. The van der Waals surface area contributed by atoms with Gasteiger partial charge < -0.3 is 9.84 Å². The summed E-state index contributed by atoms with van der Waals surface area (Å²) in [5.74, 6) is 0. The summed E-state index contributed by atoms with van der Waals surface area (Å²) in [5.41, 5.74) is 2.83. The number of aryl methyl sites for hydroxylation is 1. The van der Waals surface area contributed by atoms with Crippen molar-refractivity contribution < 1.29 is 9.84 Å². The van der Waals surface area contributed by atoms with Crippen LogP contribution in [-0.4, -0.2) is 32.6 Å². The maximum Gasteiger partial charge on any atom is 0.276 e. The zero-order chi connectivity index (χ0) is 17.9. The molecule has 2 aromatic heterocycles. The van der Waals surface area contributed by atoms with Gasteiger partial charge in [-0.2, -0.15) is 5.10 Å². The number of pyridine rings is 1. The molecule has 4 rings (SSSR count). The van der Waals surface area contributed by atoms with E-state index in [1.807, 2.05) is 12.1 Å². The number of ether oxygens (including phenoxy) is 1. The van der Waals surface area contributed by atoms with Crippen LogP contribution in [-0.2, 0) is 17.7 Å². The molecule has 6 heteroatoms. The quantitative estimate of drug-likeness (QED) is 0.763. The molecule has 1 N–H and O–H groups in total. The van der Waals surface area contributed by atoms with Crippen LogP contribution < -0.4 is 5.56 Å². The second-order valence-electron chi connectivity index (χ2n) is 6.63. The molecule has 0 aliphatic heterocycles. The predicted octanol–water partition coefficient (Wildman–Crippen LogP) is 2.25. The summed E-state index contributed by atoms with van der Waals surface area (Å²) in [6, 6.07) is 11.7. The fraction of sp³-hybridized carbons (Fsp3) is 0.350. The first-order valence-corrected chi connectivity index (χ1v) is 8.90. The fourth-order valence-corrected chi connectivity index (χ4v) is 3.51. The highest BCUT2D eigenvalue weighted by Crippen LogP contribution is 2.32. The summed E-state index contributed by atoms with van der Waals surface area (Å²) in [5, 5.41) is 14.9. The standard InChI is InChI=1S/C20H21N3O3/c24-15(12-23-20(25)17-8-4-10-21-18(17)11-22-23)13-26-19-9-3-6-14-5-1-2-7-16(14)19/h1-2,4-5,7-8,10-11,15,19,24H,3,6,9,12-13H2/t15-,19+/m1/s1. The second-order valence-corrected chi connectivity index (χ2v) is 6.63. The topological polar surface area (TPSA) is 77.2 Å². The SMILES string of the molecule is O=c1c2cccnc2cnn1C[C@@H](O)CO[C@H]1CCCc2ccccc21. The maximum absolute atomic E-state index is 12.4. The molecule has 0 spiro atoms. The third-order valence-corrected chi connectivity index (χ3v) is 4.81. The summed E-state index contributed by atoms with van der Waals surface area (Å²) in [6.45, 7) is 0.260. The first-order chi connectivity index (χ1) is 12.7. The third-order valence-electron chi connectivity index (χ3n) is 4.81. The molecule has 6 nitrogen and oxygen atoms in total. The molecule has 2 atom stereocenters. The van der Waals surface area contributed by atoms with Crippen LogP contribution in [0, 0.1) is 0 Å². The van der Waals surface area contributed by atoms with Gasteiger partial charge in [-0.05, 0) is 42.5 Å². The largest absolute Gasteiger partial charge is 0.389 e. The number of nitrogens with zero attached hydrogens (tertiary/aromatic N) is 3. The molecule has 0 amide bonds. The normalized spacial score (nSPS) is 17.8. The molecule has 0 unspecified atom stereocenters. The Balaban J connectivity index is 1.43. The summed E-state index contributed by atoms with van der Waals surface area (Å²) in [4.78, 5) is 16.6. The van der Waals surface area contributed by atoms with Crippen molar-refractivity contribution in [2.45, 2.75) is 38.0 Å². The van der Waals surface area contributed by atoms with Gasteiger partial charge in [-0.1, -0.05) is 24.3 Å². The molecule has 0 bridgehead atoms. The van der Waals surface area contributed by atoms with Crippen LogP contribution >= 0.6 is 0 Å². The minimum Gasteiger partial charge on any atom is -0.389 e. The van der Waals surface area contributed by atoms with Crippen LogP contribution in [0.4, 0.5) is 0 Å². The van der Waals surface area contributed by atoms with Crippen LogP contribution in [0.1, 0.15) is 30.1 Å². The van der Waals surface area contributed by atoms with E-state index in [0.29, 0.717) is 10.9 Å². The van der Waals surface area contributed by atoms with E-state index >= 15 is 0 Å². The zero-order valence-corrected chi connectivity index (χ0v) is 14.4. The lowest BCUT2D eigenvalue weighted by Crippen LogP contribution is -2.31. The van der Waals surface area contributed by atoms with E-state index in [0.717, 1.165) is 19.3 Å². The molecule has 0 saturated heterocycles. The predicted molar refractivity (Wildman–Crippen MR) is 97.9 cm³/mol. The molecule has 3 aromatic rings. The van der Waals surface area contributed by atoms with Crippen LogP contribution in [0.3, 0.4) is 0 Å². The lowest BCUT2D eigenvalue weighted by Gasteiger charge is -2.26. The molecule has 134 valence electrons. The fourth-order valence-electron chi connectivity index (χ4n) is 3.51. The Labute approximate surface area is 151 Å². The number of aliphatic hydroxyl groups excluding tert-OH is 1. The van der Waals surface area contributed by atoms with Gasteiger partial charge in [0, 0.05) is 6.20 Å². The van der Waals surface area contributed by atoms with Crippen LogP contribution in [0.25, 0.3) is 10.9 Å². The maximum atomic E-state index is 12.4. The van der Waals surface area contributed by atoms with E-state index in [1.54, 1.807) is 24.5 Å². The Morgan fingerprint density at radius 2 is 2.15 bits per heavy atom. The van der Waals surface area contributed by atoms with Gasteiger partial charge in [-0.25, -0.2) is 4.68 Å². The minimum absolute atomic E-state index is 0.0000784. The number of hydrogen-bond acceptors (Lipinski definition) is 5. The van der Waals surface area contributed by atoms with Crippen molar-refractivity contribution in [3.05, 3.63) is 70.3 Å². The van der Waals surface area contributed by atoms with Crippen LogP contribution in [0.5, 0.6) is 0 Å². The average molecular weight is 351 g/mol. The number of hydrogen-bond donors (Lipinski definition) is 1. The summed E-state index contributed by atoms with van der Waals surface area (Å²) < 4.78 is 7.24. The van der Waals surface area contributed by atoms with E-state index < -0.39 is 6.10 Å². The van der Waals surface area contributed by atoms with E-state index in [4.69, 9.17) is 4.74 Å². The average Bonchev–Trinajstić information content (AvgIpc) is 2.69. The van der Waals surface area contributed by atoms with E-state index in [2.05, 4.69) is 22.2 Å². The van der Waals surface area contributed by atoms with Crippen molar-refractivity contribution in [3.63, 3.8) is 0 Å². The minimum atomic E-state index is -0.802. The van der Waals surface area contributed by atoms with Gasteiger partial charge in [0.15, 0.2) is 0 Å². The van der Waals surface area contributed by atoms with E-state index in [1.165, 1.54) is 15.8 Å². The van der Waals surface area contributed by atoms with Gasteiger partial charge >= 0.3 is 0 Å². The van der Waals surface area contributed by atoms with E-state index in [9.17, 15) is 9.90 Å². The van der Waals surface area contributed by atoms with Gasteiger partial charge in [-0.15, -0.1) is 0 Å². The number of rotatable bonds is 5. The lowest BCUT2D eigenvalue weighted by molar-refractivity contribution is -0.0239. The van der Waals surface area contributed by atoms with Gasteiger partial charge in [0.1, 0.15) is 0 Å². The Morgan fingerprint density at radius 3 is 3.08 bits per heavy atom. The Bertz CT molecular complexity index is 970. The van der Waals surface area contributed by atoms with Crippen molar-refractivity contribution in [2.24, 2.45) is 0 Å². The highest BCUT2D eigenvalue weighted by molar-refractivity contribution is 5.75. The summed E-state index contributed by atoms with van der Waals surface area (Å²) >= 11 is 0. The monoisotopic (exact) mass is 351 g/mol. The third kappa shape index (κ3) is 3.38. The lowest BCUT2D eigenvalue weighted by atomic mass is 9.89. The molecule has 26 heavy (non-hydrogen) atoms. The molecule has 2 heterocycles. The molecular weight excluding hydrogens is 330 g/mol. The highest BCUT2D eigenvalue weighted by Gasteiger charge is 2.21. The first kappa shape index (κ1) is 16.9. The summed E-state index contributed by atoms with van der Waals surface area (Å²) in [7, 11) is 0. The number of aromatic nitrogens is 3. The van der Waals surface area contributed by atoms with Gasteiger partial charge in [0.05, 0.1) is 42.5 Å². The number of benzene rings is 1. The Hall–Kier alpha value is -2.57. The van der Waals surface area contributed by atoms with E-state index in [-0.39, 0.29) is 24.8 Å². The molecule has 1 aromatic carbocycles. The summed E-state index contributed by atoms with van der Waals surface area (Å²) in [6.07, 6.45) is 5.46. The van der Waals surface area contributed by atoms with Gasteiger partial charge in [-0.3, -0.25) is 9.78 Å². The second kappa shape index (κ2) is 7.35. The smallest absolute Gasteiger partial charge is 0.276 e. The Kier molecular flexibility index (Phi) is 4.77. The van der Waals surface area contributed by atoms with Crippen molar-refractivity contribution >= 4 is 10.9 Å². The molecule has 1 aliphatic carbocycles. The van der Waals surface area contributed by atoms with Crippen LogP contribution in [0.15, 0.2) is 53.6 Å². The molecule has 0 radical (unpaired) electrons. The highest BCUT2D eigenvalue weighted by atomic mass is 16.5. The Morgan fingerprint density at radius 1 is 1.27 bits per heavy atom. The van der Waals surface area contributed by atoms with Crippen LogP contribution in [0.2, 0.25) is 0 Å². The molecule has 0 fully saturated rings. The van der Waals surface area contributed by atoms with Crippen molar-refractivity contribution in [1.82, 2.24) is 14.8 Å². The van der Waals surface area contributed by atoms with Crippen molar-refractivity contribution in [2.75, 3.05) is 6.61 Å². The number of aliphatic hydroxyl groups is 1. The zero-order valence-electron chi connectivity index (χ0n) is 14.4. The molecular formula is C20H21N3O3. The number of fused-ring (bicyclic) bond motifs is 2.